The van der Waals surface area contributed by atoms with Gasteiger partial charge in [-0.2, -0.15) is 0 Å². The Morgan fingerprint density at radius 3 is 2.50 bits per heavy atom. The zero-order chi connectivity index (χ0) is 14.5. The van der Waals surface area contributed by atoms with Crippen LogP contribution in [0.2, 0.25) is 0 Å². The summed E-state index contributed by atoms with van der Waals surface area (Å²) in [5.74, 6) is -0.652. The lowest BCUT2D eigenvalue weighted by Gasteiger charge is -2.09. The Hall–Kier alpha value is -2.04. The summed E-state index contributed by atoms with van der Waals surface area (Å²) in [5, 5.41) is 3.19. The van der Waals surface area contributed by atoms with Crippen molar-refractivity contribution in [3.8, 4) is 11.4 Å². The maximum atomic E-state index is 13.3. The summed E-state index contributed by atoms with van der Waals surface area (Å²) >= 11 is 0. The van der Waals surface area contributed by atoms with Gasteiger partial charge in [0.1, 0.15) is 5.82 Å². The second-order valence-electron chi connectivity index (χ2n) is 4.48. The van der Waals surface area contributed by atoms with Crippen LogP contribution in [0.1, 0.15) is 26.0 Å². The number of aromatic nitrogens is 2. The number of halogens is 2. The first-order valence-corrected chi connectivity index (χ1v) is 6.71. The van der Waals surface area contributed by atoms with E-state index in [0.29, 0.717) is 17.2 Å². The monoisotopic (exact) mass is 277 g/mol. The van der Waals surface area contributed by atoms with Crippen LogP contribution in [0.4, 0.5) is 14.6 Å². The van der Waals surface area contributed by atoms with Crippen LogP contribution in [0.15, 0.2) is 24.3 Å². The summed E-state index contributed by atoms with van der Waals surface area (Å²) in [7, 11) is 0. The molecule has 1 aromatic heterocycles. The van der Waals surface area contributed by atoms with E-state index >= 15 is 0 Å². The maximum Gasteiger partial charge on any atom is 0.161 e. The van der Waals surface area contributed by atoms with E-state index in [9.17, 15) is 8.78 Å². The third-order valence-electron chi connectivity index (χ3n) is 2.88. The molecule has 0 aliphatic carbocycles. The predicted molar refractivity (Wildman–Crippen MR) is 75.5 cm³/mol. The molecule has 2 aromatic rings. The zero-order valence-electron chi connectivity index (χ0n) is 11.6. The summed E-state index contributed by atoms with van der Waals surface area (Å²) in [4.78, 5) is 8.71. The van der Waals surface area contributed by atoms with Crippen LogP contribution in [-0.2, 0) is 6.42 Å². The molecule has 2 rings (SSSR count). The molecule has 0 saturated heterocycles. The number of nitrogens with one attached hydrogen (secondary N) is 1. The summed E-state index contributed by atoms with van der Waals surface area (Å²) in [5.41, 5.74) is 1.33. The third kappa shape index (κ3) is 3.29. The van der Waals surface area contributed by atoms with Gasteiger partial charge in [-0.1, -0.05) is 13.8 Å². The van der Waals surface area contributed by atoms with E-state index in [4.69, 9.17) is 0 Å². The minimum atomic E-state index is -0.893. The van der Waals surface area contributed by atoms with E-state index in [-0.39, 0.29) is 0 Å². The number of rotatable bonds is 5. The van der Waals surface area contributed by atoms with Crippen LogP contribution < -0.4 is 5.32 Å². The highest BCUT2D eigenvalue weighted by Crippen LogP contribution is 2.20. The van der Waals surface area contributed by atoms with Crippen LogP contribution in [0.5, 0.6) is 0 Å². The molecule has 3 nitrogen and oxygen atoms in total. The lowest BCUT2D eigenvalue weighted by atomic mass is 10.2. The Labute approximate surface area is 117 Å². The summed E-state index contributed by atoms with van der Waals surface area (Å²) in [6, 6.07) is 5.56. The van der Waals surface area contributed by atoms with Crippen molar-refractivity contribution in [2.24, 2.45) is 0 Å². The molecule has 0 amide bonds. The predicted octanol–water partition coefficient (Wildman–Crippen LogP) is 3.81. The summed E-state index contributed by atoms with van der Waals surface area (Å²) in [6.07, 6.45) is 1.73. The molecule has 0 fully saturated rings. The third-order valence-corrected chi connectivity index (χ3v) is 2.88. The van der Waals surface area contributed by atoms with Crippen LogP contribution in [0.25, 0.3) is 11.4 Å². The van der Waals surface area contributed by atoms with Crippen LogP contribution in [0, 0.1) is 11.6 Å². The molecule has 0 aliphatic rings. The molecular weight excluding hydrogens is 260 g/mol. The van der Waals surface area contributed by atoms with Crippen molar-refractivity contribution in [3.63, 3.8) is 0 Å². The van der Waals surface area contributed by atoms with Crippen molar-refractivity contribution in [2.75, 3.05) is 11.9 Å². The number of benzene rings is 1. The Morgan fingerprint density at radius 1 is 1.05 bits per heavy atom. The first-order valence-electron chi connectivity index (χ1n) is 6.71. The second kappa shape index (κ2) is 6.41. The average Bonchev–Trinajstić information content (AvgIpc) is 2.47. The van der Waals surface area contributed by atoms with E-state index in [0.717, 1.165) is 37.2 Å². The molecule has 0 spiro atoms. The molecule has 0 radical (unpaired) electrons. The topological polar surface area (TPSA) is 37.8 Å². The fourth-order valence-electron chi connectivity index (χ4n) is 1.79. The Morgan fingerprint density at radius 2 is 1.85 bits per heavy atom. The maximum absolute atomic E-state index is 13.3. The molecule has 1 aromatic carbocycles. The fraction of sp³-hybridized carbons (Fsp3) is 0.333. The first-order chi connectivity index (χ1) is 9.63. The standard InChI is InChI=1S/C15H17F2N3/c1-3-7-18-14-9-11(4-2)19-15(20-14)10-5-6-12(16)13(17)8-10/h5-6,8-9H,3-4,7H2,1-2H3,(H,18,19,20). The Bertz CT molecular complexity index is 600. The van der Waals surface area contributed by atoms with Crippen molar-refractivity contribution in [2.45, 2.75) is 26.7 Å². The van der Waals surface area contributed by atoms with Crippen molar-refractivity contribution in [1.82, 2.24) is 9.97 Å². The molecule has 106 valence electrons. The molecule has 20 heavy (non-hydrogen) atoms. The lowest BCUT2D eigenvalue weighted by molar-refractivity contribution is 0.509. The SMILES string of the molecule is CCCNc1cc(CC)nc(-c2ccc(F)c(F)c2)n1. The van der Waals surface area contributed by atoms with Crippen molar-refractivity contribution >= 4 is 5.82 Å². The van der Waals surface area contributed by atoms with Gasteiger partial charge in [-0.25, -0.2) is 18.7 Å². The van der Waals surface area contributed by atoms with Gasteiger partial charge in [-0.05, 0) is 31.0 Å². The lowest BCUT2D eigenvalue weighted by Crippen LogP contribution is -2.05. The highest BCUT2D eigenvalue weighted by atomic mass is 19.2. The van der Waals surface area contributed by atoms with Gasteiger partial charge in [0.15, 0.2) is 17.5 Å². The Kier molecular flexibility index (Phi) is 4.61. The molecule has 0 bridgehead atoms. The molecular formula is C15H17F2N3. The molecule has 0 unspecified atom stereocenters. The molecule has 1 N–H and O–H groups in total. The first kappa shape index (κ1) is 14.4. The molecule has 0 atom stereocenters. The van der Waals surface area contributed by atoms with Crippen LogP contribution in [0.3, 0.4) is 0 Å². The van der Waals surface area contributed by atoms with Gasteiger partial charge in [0.2, 0.25) is 0 Å². The fourth-order valence-corrected chi connectivity index (χ4v) is 1.79. The van der Waals surface area contributed by atoms with Gasteiger partial charge in [0.25, 0.3) is 0 Å². The zero-order valence-corrected chi connectivity index (χ0v) is 11.6. The summed E-state index contributed by atoms with van der Waals surface area (Å²) in [6.45, 7) is 4.85. The van der Waals surface area contributed by atoms with Crippen molar-refractivity contribution < 1.29 is 8.78 Å². The van der Waals surface area contributed by atoms with Gasteiger partial charge in [0, 0.05) is 23.9 Å². The highest BCUT2D eigenvalue weighted by Gasteiger charge is 2.09. The number of nitrogens with zero attached hydrogens (tertiary/aromatic N) is 2. The Balaban J connectivity index is 2.41. The van der Waals surface area contributed by atoms with E-state index < -0.39 is 11.6 Å². The largest absolute Gasteiger partial charge is 0.370 e. The quantitative estimate of drug-likeness (QED) is 0.903. The highest BCUT2D eigenvalue weighted by molar-refractivity contribution is 5.57. The summed E-state index contributed by atoms with van der Waals surface area (Å²) < 4.78 is 26.3. The normalized spacial score (nSPS) is 10.6. The van der Waals surface area contributed by atoms with Gasteiger partial charge < -0.3 is 5.32 Å². The van der Waals surface area contributed by atoms with E-state index in [1.54, 1.807) is 0 Å². The average molecular weight is 277 g/mol. The van der Waals surface area contributed by atoms with Crippen molar-refractivity contribution in [1.29, 1.82) is 0 Å². The van der Waals surface area contributed by atoms with Crippen molar-refractivity contribution in [3.05, 3.63) is 41.6 Å². The van der Waals surface area contributed by atoms with E-state index in [2.05, 4.69) is 22.2 Å². The minimum Gasteiger partial charge on any atom is -0.370 e. The smallest absolute Gasteiger partial charge is 0.161 e. The molecule has 0 saturated carbocycles. The van der Waals surface area contributed by atoms with Crippen LogP contribution >= 0.6 is 0 Å². The molecule has 5 heteroatoms. The van der Waals surface area contributed by atoms with E-state index in [1.807, 2.05) is 13.0 Å². The molecule has 0 aliphatic heterocycles. The van der Waals surface area contributed by atoms with Gasteiger partial charge in [-0.3, -0.25) is 0 Å². The van der Waals surface area contributed by atoms with Crippen LogP contribution in [-0.4, -0.2) is 16.5 Å². The number of hydrogen-bond acceptors (Lipinski definition) is 3. The number of anilines is 1. The van der Waals surface area contributed by atoms with Gasteiger partial charge in [-0.15, -0.1) is 0 Å². The van der Waals surface area contributed by atoms with Gasteiger partial charge >= 0.3 is 0 Å². The van der Waals surface area contributed by atoms with Gasteiger partial charge in [0.05, 0.1) is 0 Å². The minimum absolute atomic E-state index is 0.404. The number of aryl methyl sites for hydroxylation is 1. The molecule has 1 heterocycles. The number of hydrogen-bond donors (Lipinski definition) is 1. The van der Waals surface area contributed by atoms with E-state index in [1.165, 1.54) is 6.07 Å². The second-order valence-corrected chi connectivity index (χ2v) is 4.48.